The number of hydrogen-bond acceptors (Lipinski definition) is 3. The molecule has 0 bridgehead atoms. The van der Waals surface area contributed by atoms with Crippen LogP contribution in [0.5, 0.6) is 0 Å². The average molecular weight is 250 g/mol. The summed E-state index contributed by atoms with van der Waals surface area (Å²) in [5.41, 5.74) is 0.921. The first-order valence-electron chi connectivity index (χ1n) is 5.94. The van der Waals surface area contributed by atoms with Gasteiger partial charge in [0.1, 0.15) is 6.61 Å². The van der Waals surface area contributed by atoms with Gasteiger partial charge in [0.2, 0.25) is 0 Å². The van der Waals surface area contributed by atoms with E-state index in [0.717, 1.165) is 5.56 Å². The van der Waals surface area contributed by atoms with E-state index in [1.807, 2.05) is 30.3 Å². The quantitative estimate of drug-likeness (QED) is 0.788. The molecule has 0 fully saturated rings. The molecule has 0 unspecified atom stereocenters. The minimum atomic E-state index is -0.891. The molecule has 0 saturated heterocycles. The highest BCUT2D eigenvalue weighted by molar-refractivity contribution is 5.74. The Morgan fingerprint density at radius 1 is 1.17 bits per heavy atom. The molecule has 0 radical (unpaired) electrons. The van der Waals surface area contributed by atoms with E-state index in [4.69, 9.17) is 9.84 Å². The molecule has 1 aromatic carbocycles. The lowest BCUT2D eigenvalue weighted by Gasteiger charge is -2.13. The van der Waals surface area contributed by atoms with Gasteiger partial charge in [-0.25, -0.2) is 0 Å². The summed E-state index contributed by atoms with van der Waals surface area (Å²) in [5, 5.41) is 8.77. The number of ether oxygens (including phenoxy) is 1. The molecule has 1 rings (SSSR count). The first-order valence-corrected chi connectivity index (χ1v) is 5.94. The minimum absolute atomic E-state index is 0.228. The Bertz CT molecular complexity index is 400. The van der Waals surface area contributed by atoms with Crippen LogP contribution in [0.25, 0.3) is 0 Å². The van der Waals surface area contributed by atoms with E-state index in [1.54, 1.807) is 13.8 Å². The van der Waals surface area contributed by atoms with Crippen molar-refractivity contribution in [1.29, 1.82) is 0 Å². The van der Waals surface area contributed by atoms with E-state index in [0.29, 0.717) is 6.42 Å². The van der Waals surface area contributed by atoms with Gasteiger partial charge in [-0.1, -0.05) is 44.2 Å². The van der Waals surface area contributed by atoms with Crippen molar-refractivity contribution in [1.82, 2.24) is 0 Å². The molecule has 98 valence electrons. The first-order chi connectivity index (χ1) is 8.50. The monoisotopic (exact) mass is 250 g/mol. The molecule has 18 heavy (non-hydrogen) atoms. The van der Waals surface area contributed by atoms with Gasteiger partial charge in [0.15, 0.2) is 0 Å². The molecule has 0 aliphatic heterocycles. The van der Waals surface area contributed by atoms with Gasteiger partial charge in [0.25, 0.3) is 0 Å². The zero-order valence-electron chi connectivity index (χ0n) is 10.6. The van der Waals surface area contributed by atoms with E-state index >= 15 is 0 Å². The number of benzene rings is 1. The first kappa shape index (κ1) is 14.2. The van der Waals surface area contributed by atoms with Crippen molar-refractivity contribution in [3.63, 3.8) is 0 Å². The highest BCUT2D eigenvalue weighted by Gasteiger charge is 2.21. The summed E-state index contributed by atoms with van der Waals surface area (Å²) < 4.78 is 5.14. The van der Waals surface area contributed by atoms with Crippen LogP contribution in [0.2, 0.25) is 0 Å². The third kappa shape index (κ3) is 4.57. The fourth-order valence-corrected chi connectivity index (χ4v) is 1.60. The van der Waals surface area contributed by atoms with E-state index in [9.17, 15) is 9.59 Å². The maximum absolute atomic E-state index is 11.7. The van der Waals surface area contributed by atoms with Crippen molar-refractivity contribution >= 4 is 11.9 Å². The third-order valence-corrected chi connectivity index (χ3v) is 2.75. The van der Waals surface area contributed by atoms with E-state index in [2.05, 4.69) is 0 Å². The molecular formula is C14H18O4. The van der Waals surface area contributed by atoms with Gasteiger partial charge in [-0.05, 0) is 12.0 Å². The summed E-state index contributed by atoms with van der Waals surface area (Å²) in [6, 6.07) is 9.39. The van der Waals surface area contributed by atoms with Gasteiger partial charge in [-0.2, -0.15) is 0 Å². The Labute approximate surface area is 107 Å². The molecule has 0 spiro atoms. The van der Waals surface area contributed by atoms with Crippen molar-refractivity contribution in [3.05, 3.63) is 35.9 Å². The van der Waals surface area contributed by atoms with Gasteiger partial charge < -0.3 is 9.84 Å². The van der Waals surface area contributed by atoms with Crippen molar-refractivity contribution in [2.45, 2.75) is 26.9 Å². The number of carboxylic acid groups (broad SMARTS) is 1. The van der Waals surface area contributed by atoms with Crippen LogP contribution in [0.3, 0.4) is 0 Å². The second-order valence-electron chi connectivity index (χ2n) is 4.47. The molecule has 4 heteroatoms. The van der Waals surface area contributed by atoms with Crippen molar-refractivity contribution < 1.29 is 19.4 Å². The number of carboxylic acids is 1. The van der Waals surface area contributed by atoms with Crippen molar-refractivity contribution in [3.8, 4) is 0 Å². The van der Waals surface area contributed by atoms with Crippen LogP contribution < -0.4 is 0 Å². The molecular weight excluding hydrogens is 232 g/mol. The predicted molar refractivity (Wildman–Crippen MR) is 66.8 cm³/mol. The van der Waals surface area contributed by atoms with Crippen LogP contribution in [0.1, 0.15) is 25.8 Å². The van der Waals surface area contributed by atoms with Gasteiger partial charge in [-0.15, -0.1) is 0 Å². The molecule has 1 aromatic rings. The predicted octanol–water partition coefficient (Wildman–Crippen LogP) is 2.48. The smallest absolute Gasteiger partial charge is 0.309 e. The number of carbonyl (C=O) groups is 2. The number of aliphatic carboxylic acids is 1. The molecule has 2 atom stereocenters. The Balaban J connectivity index is 2.39. The summed E-state index contributed by atoms with van der Waals surface area (Å²) in [6.07, 6.45) is 0.295. The van der Waals surface area contributed by atoms with E-state index in [1.165, 1.54) is 0 Å². The van der Waals surface area contributed by atoms with Gasteiger partial charge in [0, 0.05) is 0 Å². The number of rotatable bonds is 6. The van der Waals surface area contributed by atoms with Crippen LogP contribution in [0.4, 0.5) is 0 Å². The Morgan fingerprint density at radius 3 is 2.33 bits per heavy atom. The third-order valence-electron chi connectivity index (χ3n) is 2.75. The molecule has 1 N–H and O–H groups in total. The lowest BCUT2D eigenvalue weighted by molar-refractivity contribution is -0.150. The standard InChI is InChI=1S/C14H18O4/c1-10(13(15)16)8-11(2)14(17)18-9-12-6-4-3-5-7-12/h3-7,10-11H,8-9H2,1-2H3,(H,15,16)/t10-,11-/m0/s1. The molecule has 0 aromatic heterocycles. The van der Waals surface area contributed by atoms with Crippen LogP contribution in [-0.2, 0) is 20.9 Å². The van der Waals surface area contributed by atoms with Crippen LogP contribution in [0, 0.1) is 11.8 Å². The molecule has 0 aliphatic carbocycles. The van der Waals surface area contributed by atoms with Crippen LogP contribution in [-0.4, -0.2) is 17.0 Å². The Kier molecular flexibility index (Phi) is 5.36. The normalized spacial score (nSPS) is 13.7. The molecule has 0 aliphatic rings. The fraction of sp³-hybridized carbons (Fsp3) is 0.429. The molecule has 0 heterocycles. The minimum Gasteiger partial charge on any atom is -0.481 e. The summed E-state index contributed by atoms with van der Waals surface area (Å²) in [4.78, 5) is 22.3. The molecule has 0 saturated carbocycles. The topological polar surface area (TPSA) is 63.6 Å². The van der Waals surface area contributed by atoms with E-state index in [-0.39, 0.29) is 12.6 Å². The largest absolute Gasteiger partial charge is 0.481 e. The summed E-state index contributed by atoms with van der Waals surface area (Å²) in [7, 11) is 0. The SMILES string of the molecule is C[C@@H](C[C@H](C)C(=O)OCc1ccccc1)C(=O)O. The number of esters is 1. The number of carbonyl (C=O) groups excluding carboxylic acids is 1. The summed E-state index contributed by atoms with van der Waals surface area (Å²) >= 11 is 0. The van der Waals surface area contributed by atoms with E-state index < -0.39 is 17.8 Å². The Morgan fingerprint density at radius 2 is 1.78 bits per heavy atom. The average Bonchev–Trinajstić information content (AvgIpc) is 2.36. The highest BCUT2D eigenvalue weighted by atomic mass is 16.5. The maximum atomic E-state index is 11.7. The van der Waals surface area contributed by atoms with Gasteiger partial charge in [0.05, 0.1) is 11.8 Å². The highest BCUT2D eigenvalue weighted by Crippen LogP contribution is 2.14. The zero-order chi connectivity index (χ0) is 13.5. The summed E-state index contributed by atoms with van der Waals surface area (Å²) in [5.74, 6) is -2.19. The van der Waals surface area contributed by atoms with Crippen molar-refractivity contribution in [2.24, 2.45) is 11.8 Å². The molecule has 0 amide bonds. The van der Waals surface area contributed by atoms with Crippen LogP contribution in [0.15, 0.2) is 30.3 Å². The lowest BCUT2D eigenvalue weighted by atomic mass is 9.98. The maximum Gasteiger partial charge on any atom is 0.309 e. The zero-order valence-corrected chi connectivity index (χ0v) is 10.6. The second kappa shape index (κ2) is 6.79. The van der Waals surface area contributed by atoms with Gasteiger partial charge in [-0.3, -0.25) is 9.59 Å². The van der Waals surface area contributed by atoms with Crippen molar-refractivity contribution in [2.75, 3.05) is 0 Å². The van der Waals surface area contributed by atoms with Gasteiger partial charge >= 0.3 is 11.9 Å². The number of hydrogen-bond donors (Lipinski definition) is 1. The second-order valence-corrected chi connectivity index (χ2v) is 4.47. The lowest BCUT2D eigenvalue weighted by Crippen LogP contribution is -2.20. The molecule has 4 nitrogen and oxygen atoms in total. The fourth-order valence-electron chi connectivity index (χ4n) is 1.60. The van der Waals surface area contributed by atoms with Crippen LogP contribution >= 0.6 is 0 Å². The Hall–Kier alpha value is -1.84. The summed E-state index contributed by atoms with van der Waals surface area (Å²) in [6.45, 7) is 3.50.